The van der Waals surface area contributed by atoms with Gasteiger partial charge in [0.2, 0.25) is 0 Å². The molecule has 0 N–H and O–H groups in total. The van der Waals surface area contributed by atoms with Crippen LogP contribution in [0, 0.1) is 0 Å². The Morgan fingerprint density at radius 1 is 0.857 bits per heavy atom. The van der Waals surface area contributed by atoms with Gasteiger partial charge >= 0.3 is 0 Å². The van der Waals surface area contributed by atoms with E-state index in [1.54, 1.807) is 0 Å². The lowest BCUT2D eigenvalue weighted by Gasteiger charge is -2.02. The van der Waals surface area contributed by atoms with Crippen LogP contribution in [0.1, 0.15) is 0 Å². The first kappa shape index (κ1) is 9.75. The highest BCUT2D eigenvalue weighted by molar-refractivity contribution is 9.10. The van der Waals surface area contributed by atoms with E-state index in [0.717, 1.165) is 9.50 Å². The predicted octanol–water partition coefficient (Wildman–Crippen LogP) is 4.77. The van der Waals surface area contributed by atoms with Crippen molar-refractivity contribution < 1.29 is 0 Å². The molecule has 2 heteroatoms. The Morgan fingerprint density at radius 3 is 2.21 bits per heavy atom. The molecule has 0 fully saturated rings. The minimum absolute atomic E-state index is 0.740. The minimum Gasteiger partial charge on any atom is -0.0831 e. The quantitative estimate of drug-likeness (QED) is 0.698. The van der Waals surface area contributed by atoms with Crippen molar-refractivity contribution in [1.29, 1.82) is 0 Å². The second-order valence-corrected chi connectivity index (χ2v) is 4.26. The van der Waals surface area contributed by atoms with Crippen molar-refractivity contribution in [2.24, 2.45) is 0 Å². The molecule has 0 nitrogen and oxygen atoms in total. The van der Waals surface area contributed by atoms with Gasteiger partial charge in [0, 0.05) is 4.47 Å². The van der Waals surface area contributed by atoms with Crippen LogP contribution in [-0.4, -0.2) is 0 Å². The Morgan fingerprint density at radius 2 is 1.57 bits per heavy atom. The second kappa shape index (κ2) is 4.16. The molecule has 70 valence electrons. The lowest BCUT2D eigenvalue weighted by atomic mass is 10.1. The standard InChI is InChI=1S/C12H8BrCl/c13-11-8-10(6-7-12(11)14)9-4-2-1-3-5-9/h1-8H. The molecule has 0 heterocycles. The van der Waals surface area contributed by atoms with Crippen molar-refractivity contribution >= 4 is 27.5 Å². The zero-order valence-electron chi connectivity index (χ0n) is 7.37. The van der Waals surface area contributed by atoms with Crippen LogP contribution >= 0.6 is 27.5 Å². The molecule has 0 atom stereocenters. The normalized spacial score (nSPS) is 10.1. The maximum atomic E-state index is 5.92. The number of hydrogen-bond acceptors (Lipinski definition) is 0. The van der Waals surface area contributed by atoms with Crippen LogP contribution in [0.3, 0.4) is 0 Å². The molecule has 2 aromatic rings. The fourth-order valence-corrected chi connectivity index (χ4v) is 1.80. The molecule has 2 aromatic carbocycles. The zero-order valence-corrected chi connectivity index (χ0v) is 9.72. The monoisotopic (exact) mass is 266 g/mol. The highest BCUT2D eigenvalue weighted by atomic mass is 79.9. The van der Waals surface area contributed by atoms with E-state index >= 15 is 0 Å². The molecule has 0 aliphatic rings. The Kier molecular flexibility index (Phi) is 2.90. The van der Waals surface area contributed by atoms with E-state index in [1.165, 1.54) is 11.1 Å². The van der Waals surface area contributed by atoms with E-state index < -0.39 is 0 Å². The first-order valence-corrected chi connectivity index (χ1v) is 5.45. The van der Waals surface area contributed by atoms with Gasteiger partial charge in [-0.05, 0) is 39.2 Å². The highest BCUT2D eigenvalue weighted by Gasteiger charge is 2.00. The fraction of sp³-hybridized carbons (Fsp3) is 0. The highest BCUT2D eigenvalue weighted by Crippen LogP contribution is 2.28. The molecule has 0 saturated heterocycles. The molecule has 0 aromatic heterocycles. The first-order chi connectivity index (χ1) is 6.77. The molecule has 0 aliphatic carbocycles. The number of rotatable bonds is 1. The Bertz CT molecular complexity index is 437. The van der Waals surface area contributed by atoms with Gasteiger partial charge in [-0.15, -0.1) is 0 Å². The Labute approximate surface area is 96.7 Å². The topological polar surface area (TPSA) is 0 Å². The molecule has 14 heavy (non-hydrogen) atoms. The third-order valence-corrected chi connectivity index (χ3v) is 3.24. The molecule has 0 saturated carbocycles. The summed E-state index contributed by atoms with van der Waals surface area (Å²) >= 11 is 9.33. The molecular weight excluding hydrogens is 259 g/mol. The van der Waals surface area contributed by atoms with Crippen LogP contribution in [0.4, 0.5) is 0 Å². The van der Waals surface area contributed by atoms with Crippen LogP contribution in [0.5, 0.6) is 0 Å². The average molecular weight is 268 g/mol. The molecule has 0 amide bonds. The molecule has 0 spiro atoms. The second-order valence-electron chi connectivity index (χ2n) is 2.99. The van der Waals surface area contributed by atoms with Gasteiger partial charge in [-0.1, -0.05) is 48.0 Å². The SMILES string of the molecule is Clc1ccc(-c2ccccc2)cc1Br. The van der Waals surface area contributed by atoms with E-state index in [-0.39, 0.29) is 0 Å². The van der Waals surface area contributed by atoms with Crippen molar-refractivity contribution in [2.45, 2.75) is 0 Å². The van der Waals surface area contributed by atoms with E-state index in [2.05, 4.69) is 28.1 Å². The maximum Gasteiger partial charge on any atom is 0.0548 e. The molecule has 0 aliphatic heterocycles. The van der Waals surface area contributed by atoms with Gasteiger partial charge in [-0.2, -0.15) is 0 Å². The summed E-state index contributed by atoms with van der Waals surface area (Å²) in [5.74, 6) is 0. The number of hydrogen-bond donors (Lipinski definition) is 0. The third-order valence-electron chi connectivity index (χ3n) is 2.03. The van der Waals surface area contributed by atoms with E-state index in [4.69, 9.17) is 11.6 Å². The zero-order chi connectivity index (χ0) is 9.97. The lowest BCUT2D eigenvalue weighted by molar-refractivity contribution is 1.59. The number of benzene rings is 2. The summed E-state index contributed by atoms with van der Waals surface area (Å²) in [4.78, 5) is 0. The molecule has 0 unspecified atom stereocenters. The summed E-state index contributed by atoms with van der Waals surface area (Å²) in [5.41, 5.74) is 2.37. The molecular formula is C12H8BrCl. The predicted molar refractivity (Wildman–Crippen MR) is 64.6 cm³/mol. The smallest absolute Gasteiger partial charge is 0.0548 e. The minimum atomic E-state index is 0.740. The molecule has 0 bridgehead atoms. The van der Waals surface area contributed by atoms with E-state index in [1.807, 2.05) is 36.4 Å². The fourth-order valence-electron chi connectivity index (χ4n) is 1.31. The molecule has 0 radical (unpaired) electrons. The lowest BCUT2D eigenvalue weighted by Crippen LogP contribution is -1.77. The van der Waals surface area contributed by atoms with Gasteiger partial charge in [0.1, 0.15) is 0 Å². The van der Waals surface area contributed by atoms with Crippen LogP contribution in [0.2, 0.25) is 5.02 Å². The van der Waals surface area contributed by atoms with Crippen molar-refractivity contribution in [3.63, 3.8) is 0 Å². The van der Waals surface area contributed by atoms with Gasteiger partial charge < -0.3 is 0 Å². The first-order valence-electron chi connectivity index (χ1n) is 4.28. The largest absolute Gasteiger partial charge is 0.0831 e. The Balaban J connectivity index is 2.48. The summed E-state index contributed by atoms with van der Waals surface area (Å²) in [7, 11) is 0. The summed E-state index contributed by atoms with van der Waals surface area (Å²) in [6.07, 6.45) is 0. The van der Waals surface area contributed by atoms with Gasteiger partial charge in [0.15, 0.2) is 0 Å². The summed E-state index contributed by atoms with van der Waals surface area (Å²) < 4.78 is 0.931. The van der Waals surface area contributed by atoms with Crippen molar-refractivity contribution in [1.82, 2.24) is 0 Å². The summed E-state index contributed by atoms with van der Waals surface area (Å²) in [6.45, 7) is 0. The third kappa shape index (κ3) is 1.99. The van der Waals surface area contributed by atoms with Crippen LogP contribution in [-0.2, 0) is 0 Å². The van der Waals surface area contributed by atoms with Crippen molar-refractivity contribution in [3.05, 3.63) is 58.0 Å². The van der Waals surface area contributed by atoms with Gasteiger partial charge in [-0.25, -0.2) is 0 Å². The van der Waals surface area contributed by atoms with Crippen molar-refractivity contribution in [2.75, 3.05) is 0 Å². The van der Waals surface area contributed by atoms with Gasteiger partial charge in [0.05, 0.1) is 5.02 Å². The molecule has 2 rings (SSSR count). The number of halogens is 2. The van der Waals surface area contributed by atoms with E-state index in [0.29, 0.717) is 0 Å². The maximum absolute atomic E-state index is 5.92. The summed E-state index contributed by atoms with van der Waals surface area (Å²) in [6, 6.07) is 16.2. The summed E-state index contributed by atoms with van der Waals surface area (Å²) in [5, 5.41) is 0.740. The van der Waals surface area contributed by atoms with Crippen LogP contribution < -0.4 is 0 Å². The Hall–Kier alpha value is -0.790. The average Bonchev–Trinajstić information content (AvgIpc) is 2.23. The van der Waals surface area contributed by atoms with Crippen LogP contribution in [0.25, 0.3) is 11.1 Å². The van der Waals surface area contributed by atoms with Gasteiger partial charge in [0.25, 0.3) is 0 Å². The van der Waals surface area contributed by atoms with E-state index in [9.17, 15) is 0 Å². The van der Waals surface area contributed by atoms with Crippen molar-refractivity contribution in [3.8, 4) is 11.1 Å². The van der Waals surface area contributed by atoms with Crippen LogP contribution in [0.15, 0.2) is 53.0 Å². The van der Waals surface area contributed by atoms with Gasteiger partial charge in [-0.3, -0.25) is 0 Å².